The molecule has 80 valence electrons. The predicted octanol–water partition coefficient (Wildman–Crippen LogP) is 2.25. The molecule has 0 aromatic rings. The highest BCUT2D eigenvalue weighted by atomic mass is 32.2. The first kappa shape index (κ1) is 12.7. The Morgan fingerprint density at radius 3 is 1.46 bits per heavy atom. The molecular weight excluding hydrogens is 222 g/mol. The SMILES string of the molecule is CCS(=O)C(C(F)(F)F)C(F)(F)F. The molecular formula is C5H6F6OS. The normalized spacial score (nSPS) is 16.3. The first-order valence-corrected chi connectivity index (χ1v) is 4.49. The van der Waals surface area contributed by atoms with Gasteiger partial charge in [0.25, 0.3) is 0 Å². The van der Waals surface area contributed by atoms with Crippen LogP contribution in [-0.4, -0.2) is 27.6 Å². The van der Waals surface area contributed by atoms with E-state index in [0.29, 0.717) is 0 Å². The summed E-state index contributed by atoms with van der Waals surface area (Å²) in [5.41, 5.74) is 0. The van der Waals surface area contributed by atoms with Crippen LogP contribution >= 0.6 is 0 Å². The van der Waals surface area contributed by atoms with Gasteiger partial charge in [0.2, 0.25) is 5.25 Å². The van der Waals surface area contributed by atoms with Crippen molar-refractivity contribution in [3.05, 3.63) is 0 Å². The Bertz CT molecular complexity index is 180. The Morgan fingerprint density at radius 1 is 1.08 bits per heavy atom. The first-order chi connectivity index (χ1) is 5.60. The van der Waals surface area contributed by atoms with Crippen molar-refractivity contribution < 1.29 is 30.6 Å². The second kappa shape index (κ2) is 3.85. The van der Waals surface area contributed by atoms with E-state index in [4.69, 9.17) is 0 Å². The molecule has 0 fully saturated rings. The third-order valence-corrected chi connectivity index (χ3v) is 2.77. The van der Waals surface area contributed by atoms with Crippen molar-refractivity contribution in [2.24, 2.45) is 0 Å². The molecule has 0 N–H and O–H groups in total. The molecule has 8 heteroatoms. The van der Waals surface area contributed by atoms with Crippen LogP contribution in [0.15, 0.2) is 0 Å². The zero-order valence-corrected chi connectivity index (χ0v) is 7.19. The molecule has 0 aromatic heterocycles. The lowest BCUT2D eigenvalue weighted by Gasteiger charge is -2.21. The minimum Gasteiger partial charge on any atom is -0.259 e. The summed E-state index contributed by atoms with van der Waals surface area (Å²) >= 11 is 0. The Labute approximate surface area is 72.6 Å². The van der Waals surface area contributed by atoms with Crippen molar-refractivity contribution in [2.75, 3.05) is 5.75 Å². The zero-order chi connectivity index (χ0) is 10.9. The van der Waals surface area contributed by atoms with Gasteiger partial charge in [0.1, 0.15) is 0 Å². The summed E-state index contributed by atoms with van der Waals surface area (Å²) in [5.74, 6) is -0.677. The van der Waals surface area contributed by atoms with Crippen molar-refractivity contribution in [1.82, 2.24) is 0 Å². The fraction of sp³-hybridized carbons (Fsp3) is 1.00. The molecule has 0 amide bonds. The van der Waals surface area contributed by atoms with Gasteiger partial charge in [0, 0.05) is 16.6 Å². The molecule has 0 aliphatic carbocycles. The Kier molecular flexibility index (Phi) is 3.77. The van der Waals surface area contributed by atoms with Crippen LogP contribution in [0, 0.1) is 0 Å². The number of rotatable bonds is 2. The average molecular weight is 228 g/mol. The van der Waals surface area contributed by atoms with Crippen molar-refractivity contribution in [2.45, 2.75) is 24.5 Å². The van der Waals surface area contributed by atoms with Gasteiger partial charge in [-0.15, -0.1) is 0 Å². The van der Waals surface area contributed by atoms with Gasteiger partial charge < -0.3 is 0 Å². The zero-order valence-electron chi connectivity index (χ0n) is 6.37. The van der Waals surface area contributed by atoms with Gasteiger partial charge >= 0.3 is 12.4 Å². The maximum absolute atomic E-state index is 11.7. The predicted molar refractivity (Wildman–Crippen MR) is 34.6 cm³/mol. The maximum atomic E-state index is 11.7. The molecule has 0 saturated carbocycles. The van der Waals surface area contributed by atoms with E-state index in [0.717, 1.165) is 6.92 Å². The lowest BCUT2D eigenvalue weighted by Crippen LogP contribution is -2.45. The van der Waals surface area contributed by atoms with Crippen LogP contribution in [0.4, 0.5) is 26.3 Å². The fourth-order valence-electron chi connectivity index (χ4n) is 0.650. The van der Waals surface area contributed by atoms with Crippen LogP contribution in [0.2, 0.25) is 0 Å². The smallest absolute Gasteiger partial charge is 0.259 e. The van der Waals surface area contributed by atoms with E-state index in [1.807, 2.05) is 0 Å². The summed E-state index contributed by atoms with van der Waals surface area (Å²) < 4.78 is 80.9. The van der Waals surface area contributed by atoms with Gasteiger partial charge in [-0.05, 0) is 0 Å². The summed E-state index contributed by atoms with van der Waals surface area (Å²) in [4.78, 5) is 0. The largest absolute Gasteiger partial charge is 0.411 e. The summed E-state index contributed by atoms with van der Waals surface area (Å²) in [5, 5.41) is -3.73. The second-order valence-electron chi connectivity index (χ2n) is 2.13. The minimum absolute atomic E-state index is 0.677. The molecule has 0 aliphatic heterocycles. The van der Waals surface area contributed by atoms with Crippen LogP contribution in [0.3, 0.4) is 0 Å². The topological polar surface area (TPSA) is 17.1 Å². The van der Waals surface area contributed by atoms with Gasteiger partial charge in [-0.2, -0.15) is 26.3 Å². The molecule has 1 unspecified atom stereocenters. The molecule has 13 heavy (non-hydrogen) atoms. The molecule has 0 radical (unpaired) electrons. The Hall–Kier alpha value is -0.270. The van der Waals surface area contributed by atoms with Crippen molar-refractivity contribution >= 4 is 10.8 Å². The maximum Gasteiger partial charge on any atom is 0.411 e. The molecule has 1 nitrogen and oxygen atoms in total. The summed E-state index contributed by atoms with van der Waals surface area (Å²) in [6, 6.07) is 0. The van der Waals surface area contributed by atoms with E-state index in [1.165, 1.54) is 0 Å². The average Bonchev–Trinajstić information content (AvgIpc) is 1.80. The third kappa shape index (κ3) is 3.53. The standard InChI is InChI=1S/C5H6F6OS/c1-2-13(12)3(4(6,7)8)5(9,10)11/h3H,2H2,1H3. The lowest BCUT2D eigenvalue weighted by molar-refractivity contribution is -0.225. The van der Waals surface area contributed by atoms with E-state index in [9.17, 15) is 30.6 Å². The van der Waals surface area contributed by atoms with Crippen LogP contribution in [0.25, 0.3) is 0 Å². The van der Waals surface area contributed by atoms with Crippen molar-refractivity contribution in [1.29, 1.82) is 0 Å². The highest BCUT2D eigenvalue weighted by Gasteiger charge is 2.59. The van der Waals surface area contributed by atoms with E-state index in [2.05, 4.69) is 0 Å². The van der Waals surface area contributed by atoms with Crippen molar-refractivity contribution in [3.63, 3.8) is 0 Å². The van der Waals surface area contributed by atoms with Gasteiger partial charge in [-0.3, -0.25) is 4.21 Å². The molecule has 0 rings (SSSR count). The van der Waals surface area contributed by atoms with Gasteiger partial charge in [0.05, 0.1) is 0 Å². The van der Waals surface area contributed by atoms with Crippen LogP contribution in [0.1, 0.15) is 6.92 Å². The Balaban J connectivity index is 4.89. The van der Waals surface area contributed by atoms with E-state index in [1.54, 1.807) is 0 Å². The van der Waals surface area contributed by atoms with Gasteiger partial charge in [-0.25, -0.2) is 0 Å². The Morgan fingerprint density at radius 2 is 1.38 bits per heavy atom. The molecule has 0 saturated heterocycles. The van der Waals surface area contributed by atoms with E-state index >= 15 is 0 Å². The number of halogens is 6. The van der Waals surface area contributed by atoms with Crippen molar-refractivity contribution in [3.8, 4) is 0 Å². The van der Waals surface area contributed by atoms with E-state index in [-0.39, 0.29) is 0 Å². The monoisotopic (exact) mass is 228 g/mol. The van der Waals surface area contributed by atoms with Crippen LogP contribution in [0.5, 0.6) is 0 Å². The molecule has 1 atom stereocenters. The third-order valence-electron chi connectivity index (χ3n) is 1.14. The number of alkyl halides is 6. The number of hydrogen-bond acceptors (Lipinski definition) is 1. The second-order valence-corrected chi connectivity index (χ2v) is 3.94. The minimum atomic E-state index is -5.50. The highest BCUT2D eigenvalue weighted by molar-refractivity contribution is 7.85. The summed E-state index contributed by atoms with van der Waals surface area (Å²) in [6.07, 6.45) is -11.0. The summed E-state index contributed by atoms with van der Waals surface area (Å²) in [6.45, 7) is 1.00. The molecule has 0 aromatic carbocycles. The fourth-order valence-corrected chi connectivity index (χ4v) is 1.58. The van der Waals surface area contributed by atoms with Gasteiger partial charge in [-0.1, -0.05) is 6.92 Å². The van der Waals surface area contributed by atoms with Crippen LogP contribution in [-0.2, 0) is 10.8 Å². The number of hydrogen-bond donors (Lipinski definition) is 0. The quantitative estimate of drug-likeness (QED) is 0.662. The van der Waals surface area contributed by atoms with E-state index < -0.39 is 34.2 Å². The molecule has 0 spiro atoms. The van der Waals surface area contributed by atoms with Gasteiger partial charge in [0.15, 0.2) is 0 Å². The molecule has 0 bridgehead atoms. The lowest BCUT2D eigenvalue weighted by atomic mass is 10.4. The van der Waals surface area contributed by atoms with Crippen LogP contribution < -0.4 is 0 Å². The molecule has 0 aliphatic rings. The first-order valence-electron chi connectivity index (χ1n) is 3.11. The highest BCUT2D eigenvalue weighted by Crippen LogP contribution is 2.36. The summed E-state index contributed by atoms with van der Waals surface area (Å²) in [7, 11) is -2.95. The molecule has 0 heterocycles.